The maximum absolute atomic E-state index is 10.9. The lowest BCUT2D eigenvalue weighted by Crippen LogP contribution is -2.15. The van der Waals surface area contributed by atoms with E-state index in [0.717, 1.165) is 25.8 Å². The van der Waals surface area contributed by atoms with Crippen LogP contribution >= 0.6 is 0 Å². The lowest BCUT2D eigenvalue weighted by atomic mass is 10.2. The predicted octanol–water partition coefficient (Wildman–Crippen LogP) is 1.36. The minimum absolute atomic E-state index is 0.229. The molecular formula is C11H18N4O. The number of nitrogens with two attached hydrogens (primary N) is 2. The van der Waals surface area contributed by atoms with Gasteiger partial charge in [-0.3, -0.25) is 4.79 Å². The van der Waals surface area contributed by atoms with E-state index in [1.54, 1.807) is 6.07 Å². The zero-order valence-corrected chi connectivity index (χ0v) is 9.49. The zero-order chi connectivity index (χ0) is 12.0. The molecule has 0 atom stereocenters. The summed E-state index contributed by atoms with van der Waals surface area (Å²) in [7, 11) is 0. The number of carbonyl (C=O) groups is 1. The Morgan fingerprint density at radius 1 is 1.44 bits per heavy atom. The smallest absolute Gasteiger partial charge is 0.267 e. The number of anilines is 2. The first kappa shape index (κ1) is 12.3. The van der Waals surface area contributed by atoms with Crippen molar-refractivity contribution < 1.29 is 4.79 Å². The highest BCUT2D eigenvalue weighted by Crippen LogP contribution is 2.15. The highest BCUT2D eigenvalue weighted by molar-refractivity contribution is 5.91. The highest BCUT2D eigenvalue weighted by atomic mass is 16.1. The molecule has 0 aliphatic carbocycles. The fourth-order valence-electron chi connectivity index (χ4n) is 1.33. The first-order chi connectivity index (χ1) is 7.65. The lowest BCUT2D eigenvalue weighted by molar-refractivity contribution is 0.0996. The summed E-state index contributed by atoms with van der Waals surface area (Å²) in [6.45, 7) is 2.94. The Morgan fingerprint density at radius 2 is 2.19 bits per heavy atom. The van der Waals surface area contributed by atoms with E-state index >= 15 is 0 Å². The van der Waals surface area contributed by atoms with Crippen molar-refractivity contribution in [2.24, 2.45) is 5.73 Å². The van der Waals surface area contributed by atoms with Crippen LogP contribution in [0.25, 0.3) is 0 Å². The quantitative estimate of drug-likeness (QED) is 0.633. The van der Waals surface area contributed by atoms with Crippen molar-refractivity contribution in [3.8, 4) is 0 Å². The van der Waals surface area contributed by atoms with Gasteiger partial charge in [0.15, 0.2) is 0 Å². The molecule has 1 rings (SSSR count). The number of rotatable bonds is 6. The zero-order valence-electron chi connectivity index (χ0n) is 9.49. The fourth-order valence-corrected chi connectivity index (χ4v) is 1.33. The van der Waals surface area contributed by atoms with Crippen molar-refractivity contribution in [1.82, 2.24) is 4.98 Å². The number of hydrogen-bond donors (Lipinski definition) is 3. The number of amides is 1. The molecule has 1 amide bonds. The van der Waals surface area contributed by atoms with Gasteiger partial charge in [-0.15, -0.1) is 0 Å². The Balaban J connectivity index is 2.63. The van der Waals surface area contributed by atoms with E-state index < -0.39 is 5.91 Å². The van der Waals surface area contributed by atoms with Crippen LogP contribution in [0.5, 0.6) is 0 Å². The van der Waals surface area contributed by atoms with Gasteiger partial charge in [0.1, 0.15) is 11.5 Å². The van der Waals surface area contributed by atoms with Crippen LogP contribution in [0.4, 0.5) is 11.5 Å². The van der Waals surface area contributed by atoms with Crippen LogP contribution in [0.1, 0.15) is 36.7 Å². The topological polar surface area (TPSA) is 94.0 Å². The molecule has 16 heavy (non-hydrogen) atoms. The third kappa shape index (κ3) is 3.42. The lowest BCUT2D eigenvalue weighted by Gasteiger charge is -2.08. The van der Waals surface area contributed by atoms with Crippen LogP contribution in [0.3, 0.4) is 0 Å². The number of carbonyl (C=O) groups excluding carboxylic acids is 1. The fraction of sp³-hybridized carbons (Fsp3) is 0.455. The Hall–Kier alpha value is -1.78. The van der Waals surface area contributed by atoms with E-state index in [1.165, 1.54) is 6.07 Å². The van der Waals surface area contributed by atoms with E-state index in [1.807, 2.05) is 0 Å². The first-order valence-corrected chi connectivity index (χ1v) is 5.45. The largest absolute Gasteiger partial charge is 0.396 e. The molecular weight excluding hydrogens is 204 g/mol. The Labute approximate surface area is 95.2 Å². The molecule has 0 radical (unpaired) electrons. The third-order valence-electron chi connectivity index (χ3n) is 2.25. The average molecular weight is 222 g/mol. The maximum Gasteiger partial charge on any atom is 0.267 e. The second kappa shape index (κ2) is 5.95. The van der Waals surface area contributed by atoms with Crippen molar-refractivity contribution in [2.75, 3.05) is 17.6 Å². The first-order valence-electron chi connectivity index (χ1n) is 5.45. The number of nitrogens with zero attached hydrogens (tertiary/aromatic N) is 1. The molecule has 5 N–H and O–H groups in total. The molecule has 0 unspecified atom stereocenters. The van der Waals surface area contributed by atoms with Crippen LogP contribution in [0.15, 0.2) is 12.1 Å². The average Bonchev–Trinajstić information content (AvgIpc) is 2.26. The molecule has 5 nitrogen and oxygen atoms in total. The van der Waals surface area contributed by atoms with Crippen molar-refractivity contribution in [1.29, 1.82) is 0 Å². The summed E-state index contributed by atoms with van der Waals surface area (Å²) in [6, 6.07) is 3.16. The monoisotopic (exact) mass is 222 g/mol. The number of hydrogen-bond acceptors (Lipinski definition) is 4. The van der Waals surface area contributed by atoms with Gasteiger partial charge in [-0.25, -0.2) is 4.98 Å². The number of pyridine rings is 1. The van der Waals surface area contributed by atoms with E-state index in [9.17, 15) is 4.79 Å². The normalized spacial score (nSPS) is 10.1. The minimum Gasteiger partial charge on any atom is -0.396 e. The SMILES string of the molecule is CCCCCNc1nc(C(N)=O)ccc1N. The van der Waals surface area contributed by atoms with Crippen LogP contribution in [-0.2, 0) is 0 Å². The van der Waals surface area contributed by atoms with Crippen molar-refractivity contribution in [2.45, 2.75) is 26.2 Å². The Kier molecular flexibility index (Phi) is 4.57. The number of unbranched alkanes of at least 4 members (excludes halogenated alkanes) is 2. The summed E-state index contributed by atoms with van der Waals surface area (Å²) in [4.78, 5) is 15.0. The van der Waals surface area contributed by atoms with Crippen molar-refractivity contribution in [3.63, 3.8) is 0 Å². The van der Waals surface area contributed by atoms with E-state index in [4.69, 9.17) is 11.5 Å². The van der Waals surface area contributed by atoms with Gasteiger partial charge in [0.25, 0.3) is 5.91 Å². The molecule has 0 aliphatic heterocycles. The van der Waals surface area contributed by atoms with Gasteiger partial charge in [0.2, 0.25) is 0 Å². The van der Waals surface area contributed by atoms with Gasteiger partial charge >= 0.3 is 0 Å². The number of primary amides is 1. The molecule has 1 aromatic rings. The highest BCUT2D eigenvalue weighted by Gasteiger charge is 2.06. The summed E-state index contributed by atoms with van der Waals surface area (Å²) >= 11 is 0. The molecule has 0 saturated heterocycles. The summed E-state index contributed by atoms with van der Waals surface area (Å²) < 4.78 is 0. The van der Waals surface area contributed by atoms with Crippen molar-refractivity contribution in [3.05, 3.63) is 17.8 Å². The molecule has 1 aromatic heterocycles. The number of aromatic nitrogens is 1. The molecule has 0 spiro atoms. The molecule has 0 bridgehead atoms. The third-order valence-corrected chi connectivity index (χ3v) is 2.25. The molecule has 0 saturated carbocycles. The maximum atomic E-state index is 10.9. The summed E-state index contributed by atoms with van der Waals surface area (Å²) in [5.41, 5.74) is 11.6. The Morgan fingerprint density at radius 3 is 2.81 bits per heavy atom. The number of nitrogens with one attached hydrogen (secondary N) is 1. The summed E-state index contributed by atoms with van der Waals surface area (Å²) in [5, 5.41) is 3.10. The van der Waals surface area contributed by atoms with Crippen LogP contribution in [0.2, 0.25) is 0 Å². The van der Waals surface area contributed by atoms with Gasteiger partial charge < -0.3 is 16.8 Å². The molecule has 0 fully saturated rings. The Bertz CT molecular complexity index is 365. The minimum atomic E-state index is -0.545. The molecule has 5 heteroatoms. The summed E-state index contributed by atoms with van der Waals surface area (Å²) in [5.74, 6) is -0.0102. The van der Waals surface area contributed by atoms with Gasteiger partial charge in [-0.05, 0) is 18.6 Å². The van der Waals surface area contributed by atoms with Gasteiger partial charge in [0, 0.05) is 6.54 Å². The van der Waals surface area contributed by atoms with Crippen molar-refractivity contribution >= 4 is 17.4 Å². The molecule has 0 aliphatic rings. The van der Waals surface area contributed by atoms with Gasteiger partial charge in [-0.1, -0.05) is 19.8 Å². The molecule has 88 valence electrons. The number of nitrogen functional groups attached to an aromatic ring is 1. The second-order valence-electron chi connectivity index (χ2n) is 3.63. The van der Waals surface area contributed by atoms with E-state index in [0.29, 0.717) is 11.5 Å². The van der Waals surface area contributed by atoms with E-state index in [2.05, 4.69) is 17.2 Å². The van der Waals surface area contributed by atoms with E-state index in [-0.39, 0.29) is 5.69 Å². The predicted molar refractivity (Wildman–Crippen MR) is 65.2 cm³/mol. The van der Waals surface area contributed by atoms with Gasteiger partial charge in [-0.2, -0.15) is 0 Å². The van der Waals surface area contributed by atoms with Crippen LogP contribution in [-0.4, -0.2) is 17.4 Å². The molecule has 1 heterocycles. The van der Waals surface area contributed by atoms with Crippen LogP contribution < -0.4 is 16.8 Å². The molecule has 0 aromatic carbocycles. The standard InChI is InChI=1S/C11H18N4O/c1-2-3-4-7-14-11-8(12)5-6-9(15-11)10(13)16/h5-6H,2-4,7,12H2,1H3,(H2,13,16)(H,14,15). The van der Waals surface area contributed by atoms with Gasteiger partial charge in [0.05, 0.1) is 5.69 Å². The summed E-state index contributed by atoms with van der Waals surface area (Å²) in [6.07, 6.45) is 3.37. The van der Waals surface area contributed by atoms with Crippen LogP contribution in [0, 0.1) is 0 Å². The second-order valence-corrected chi connectivity index (χ2v) is 3.63.